The fourth-order valence-electron chi connectivity index (χ4n) is 1.19. The molecule has 1 unspecified atom stereocenters. The number of nitrogens with zero attached hydrogens (tertiary/aromatic N) is 1. The van der Waals surface area contributed by atoms with E-state index < -0.39 is 5.92 Å². The molecular formula is C11H9BrClNO. The Morgan fingerprint density at radius 1 is 1.67 bits per heavy atom. The molecule has 1 aromatic carbocycles. The van der Waals surface area contributed by atoms with Crippen LogP contribution in [0.4, 0.5) is 0 Å². The largest absolute Gasteiger partial charge is 0.293 e. The summed E-state index contributed by atoms with van der Waals surface area (Å²) >= 11 is 9.05. The fourth-order valence-corrected chi connectivity index (χ4v) is 1.68. The maximum absolute atomic E-state index is 11.8. The van der Waals surface area contributed by atoms with E-state index in [4.69, 9.17) is 16.9 Å². The van der Waals surface area contributed by atoms with E-state index in [1.807, 2.05) is 13.0 Å². The summed E-state index contributed by atoms with van der Waals surface area (Å²) in [6.45, 7) is 1.82. The molecular weight excluding hydrogens is 277 g/mol. The van der Waals surface area contributed by atoms with Crippen molar-refractivity contribution < 1.29 is 4.79 Å². The third kappa shape index (κ3) is 2.80. The molecule has 0 amide bonds. The molecule has 0 heterocycles. The molecule has 1 atom stereocenters. The second-order valence-electron chi connectivity index (χ2n) is 3.08. The lowest BCUT2D eigenvalue weighted by molar-refractivity contribution is 0.0946. The lowest BCUT2D eigenvalue weighted by atomic mass is 9.97. The van der Waals surface area contributed by atoms with Crippen LogP contribution in [0.15, 0.2) is 22.7 Å². The molecule has 0 saturated heterocycles. The van der Waals surface area contributed by atoms with Crippen LogP contribution >= 0.6 is 27.5 Å². The Bertz CT molecular complexity index is 425. The summed E-state index contributed by atoms with van der Waals surface area (Å²) in [6, 6.07) is 6.91. The second kappa shape index (κ2) is 5.29. The minimum atomic E-state index is -0.571. The summed E-state index contributed by atoms with van der Waals surface area (Å²) in [5.74, 6) is -0.726. The van der Waals surface area contributed by atoms with Gasteiger partial charge in [-0.15, -0.1) is 0 Å². The van der Waals surface area contributed by atoms with Crippen molar-refractivity contribution in [2.75, 3.05) is 0 Å². The van der Waals surface area contributed by atoms with Gasteiger partial charge in [0, 0.05) is 10.0 Å². The Kier molecular flexibility index (Phi) is 4.31. The van der Waals surface area contributed by atoms with Crippen LogP contribution < -0.4 is 0 Å². The van der Waals surface area contributed by atoms with E-state index in [9.17, 15) is 4.79 Å². The van der Waals surface area contributed by atoms with Gasteiger partial charge in [-0.2, -0.15) is 5.26 Å². The van der Waals surface area contributed by atoms with Crippen LogP contribution in [-0.4, -0.2) is 5.78 Å². The van der Waals surface area contributed by atoms with Crippen molar-refractivity contribution in [3.05, 3.63) is 33.3 Å². The molecule has 0 radical (unpaired) electrons. The molecule has 0 N–H and O–H groups in total. The minimum absolute atomic E-state index is 0.155. The van der Waals surface area contributed by atoms with Gasteiger partial charge in [-0.05, 0) is 40.5 Å². The molecule has 1 aromatic rings. The third-order valence-electron chi connectivity index (χ3n) is 2.08. The maximum atomic E-state index is 11.8. The summed E-state index contributed by atoms with van der Waals surface area (Å²) in [7, 11) is 0. The van der Waals surface area contributed by atoms with Crippen LogP contribution in [-0.2, 0) is 0 Å². The van der Waals surface area contributed by atoms with Crippen LogP contribution in [0.5, 0.6) is 0 Å². The van der Waals surface area contributed by atoms with E-state index in [-0.39, 0.29) is 5.78 Å². The number of Topliss-reactive ketones (excluding diaryl/α,β-unsaturated/α-hetero) is 1. The highest BCUT2D eigenvalue weighted by Gasteiger charge is 2.17. The zero-order valence-corrected chi connectivity index (χ0v) is 10.5. The second-order valence-corrected chi connectivity index (χ2v) is 4.34. The highest BCUT2D eigenvalue weighted by Crippen LogP contribution is 2.24. The fraction of sp³-hybridized carbons (Fsp3) is 0.273. The number of nitriles is 1. The zero-order chi connectivity index (χ0) is 11.4. The quantitative estimate of drug-likeness (QED) is 0.792. The first-order valence-electron chi connectivity index (χ1n) is 4.49. The molecule has 0 aliphatic heterocycles. The SMILES string of the molecule is CCC(C#N)C(=O)c1ccc(Cl)c(Br)c1. The van der Waals surface area contributed by atoms with Gasteiger partial charge in [0.2, 0.25) is 0 Å². The summed E-state index contributed by atoms with van der Waals surface area (Å²) in [5.41, 5.74) is 0.514. The molecule has 0 bridgehead atoms. The monoisotopic (exact) mass is 285 g/mol. The van der Waals surface area contributed by atoms with Crippen molar-refractivity contribution in [2.45, 2.75) is 13.3 Å². The standard InChI is InChI=1S/C11H9BrClNO/c1-2-7(6-14)11(15)8-3-4-10(13)9(12)5-8/h3-5,7H,2H2,1H3. The van der Waals surface area contributed by atoms with Gasteiger partial charge in [-0.25, -0.2) is 0 Å². The smallest absolute Gasteiger partial charge is 0.180 e. The van der Waals surface area contributed by atoms with Gasteiger partial charge in [0.1, 0.15) is 5.92 Å². The predicted octanol–water partition coefficient (Wildman–Crippen LogP) is 3.83. The van der Waals surface area contributed by atoms with Crippen LogP contribution in [0.3, 0.4) is 0 Å². The van der Waals surface area contributed by atoms with E-state index in [2.05, 4.69) is 15.9 Å². The number of ketones is 1. The predicted molar refractivity (Wildman–Crippen MR) is 62.9 cm³/mol. The Morgan fingerprint density at radius 3 is 2.80 bits per heavy atom. The van der Waals surface area contributed by atoms with Crippen molar-refractivity contribution in [3.63, 3.8) is 0 Å². The highest BCUT2D eigenvalue weighted by atomic mass is 79.9. The Hall–Kier alpha value is -0.850. The maximum Gasteiger partial charge on any atom is 0.180 e. The van der Waals surface area contributed by atoms with Crippen molar-refractivity contribution in [1.29, 1.82) is 5.26 Å². The third-order valence-corrected chi connectivity index (χ3v) is 3.30. The zero-order valence-electron chi connectivity index (χ0n) is 8.13. The number of hydrogen-bond donors (Lipinski definition) is 0. The van der Waals surface area contributed by atoms with E-state index in [0.717, 1.165) is 0 Å². The van der Waals surface area contributed by atoms with E-state index >= 15 is 0 Å². The van der Waals surface area contributed by atoms with Crippen molar-refractivity contribution in [2.24, 2.45) is 5.92 Å². The van der Waals surface area contributed by atoms with Gasteiger partial charge < -0.3 is 0 Å². The van der Waals surface area contributed by atoms with E-state index in [1.165, 1.54) is 0 Å². The Labute approximate surface area is 102 Å². The Morgan fingerprint density at radius 2 is 2.33 bits per heavy atom. The van der Waals surface area contributed by atoms with Crippen LogP contribution in [0.25, 0.3) is 0 Å². The first-order valence-corrected chi connectivity index (χ1v) is 5.66. The molecule has 4 heteroatoms. The molecule has 2 nitrogen and oxygen atoms in total. The van der Waals surface area contributed by atoms with Gasteiger partial charge in [0.15, 0.2) is 5.78 Å². The molecule has 0 fully saturated rings. The lowest BCUT2D eigenvalue weighted by Crippen LogP contribution is -2.11. The molecule has 0 spiro atoms. The van der Waals surface area contributed by atoms with Gasteiger partial charge in [-0.1, -0.05) is 18.5 Å². The van der Waals surface area contributed by atoms with Crippen LogP contribution in [0.2, 0.25) is 5.02 Å². The average molecular weight is 287 g/mol. The number of halogens is 2. The van der Waals surface area contributed by atoms with E-state index in [1.54, 1.807) is 18.2 Å². The first-order chi connectivity index (χ1) is 7.10. The molecule has 0 saturated carbocycles. The topological polar surface area (TPSA) is 40.9 Å². The van der Waals surface area contributed by atoms with Crippen LogP contribution in [0, 0.1) is 17.2 Å². The molecule has 1 rings (SSSR count). The first kappa shape index (κ1) is 12.2. The average Bonchev–Trinajstić information content (AvgIpc) is 2.23. The number of carbonyl (C=O) groups excluding carboxylic acids is 1. The number of hydrogen-bond acceptors (Lipinski definition) is 2. The minimum Gasteiger partial charge on any atom is -0.293 e. The number of rotatable bonds is 3. The number of carbonyl (C=O) groups is 1. The van der Waals surface area contributed by atoms with Gasteiger partial charge >= 0.3 is 0 Å². The summed E-state index contributed by atoms with van der Waals surface area (Å²) < 4.78 is 0.669. The van der Waals surface area contributed by atoms with Gasteiger partial charge in [-0.3, -0.25) is 4.79 Å². The molecule has 0 aliphatic carbocycles. The molecule has 0 aromatic heterocycles. The highest BCUT2D eigenvalue weighted by molar-refractivity contribution is 9.10. The van der Waals surface area contributed by atoms with Crippen molar-refractivity contribution >= 4 is 33.3 Å². The van der Waals surface area contributed by atoms with E-state index in [0.29, 0.717) is 21.5 Å². The van der Waals surface area contributed by atoms with Gasteiger partial charge in [0.05, 0.1) is 11.1 Å². The summed E-state index contributed by atoms with van der Waals surface area (Å²) in [6.07, 6.45) is 0.523. The lowest BCUT2D eigenvalue weighted by Gasteiger charge is -2.05. The van der Waals surface area contributed by atoms with Crippen LogP contribution in [0.1, 0.15) is 23.7 Å². The normalized spacial score (nSPS) is 11.9. The molecule has 0 aliphatic rings. The number of benzene rings is 1. The summed E-state index contributed by atoms with van der Waals surface area (Å²) in [5, 5.41) is 9.33. The molecule has 78 valence electrons. The van der Waals surface area contributed by atoms with Crippen molar-refractivity contribution in [3.8, 4) is 6.07 Å². The molecule has 15 heavy (non-hydrogen) atoms. The summed E-state index contributed by atoms with van der Waals surface area (Å²) in [4.78, 5) is 11.8. The van der Waals surface area contributed by atoms with Gasteiger partial charge in [0.25, 0.3) is 0 Å². The van der Waals surface area contributed by atoms with Crippen molar-refractivity contribution in [1.82, 2.24) is 0 Å². The Balaban J connectivity index is 3.02.